The molecule has 0 saturated carbocycles. The number of nitrogens with one attached hydrogen (secondary N) is 1. The van der Waals surface area contributed by atoms with Crippen LogP contribution in [-0.4, -0.2) is 43.7 Å². The molecule has 2 saturated heterocycles. The summed E-state index contributed by atoms with van der Waals surface area (Å²) in [6.45, 7) is 5.29. The van der Waals surface area contributed by atoms with E-state index in [1.165, 1.54) is 5.56 Å². The lowest BCUT2D eigenvalue weighted by Crippen LogP contribution is -2.40. The van der Waals surface area contributed by atoms with Crippen LogP contribution in [0.15, 0.2) is 23.0 Å². The number of hydrogen-bond acceptors (Lipinski definition) is 4. The highest BCUT2D eigenvalue weighted by Crippen LogP contribution is 2.19. The summed E-state index contributed by atoms with van der Waals surface area (Å²) in [5, 5.41) is 3.10. The zero-order chi connectivity index (χ0) is 14.5. The van der Waals surface area contributed by atoms with Gasteiger partial charge in [0.15, 0.2) is 0 Å². The quantitative estimate of drug-likeness (QED) is 0.896. The largest absolute Gasteiger partial charge is 0.472 e. The number of carbonyl (C=O) groups excluding carboxylic acids is 1. The minimum Gasteiger partial charge on any atom is -0.472 e. The Morgan fingerprint density at radius 2 is 2.19 bits per heavy atom. The summed E-state index contributed by atoms with van der Waals surface area (Å²) in [5.74, 6) is 0.858. The normalized spacial score (nSPS) is 24.3. The Morgan fingerprint density at radius 1 is 1.33 bits per heavy atom. The summed E-state index contributed by atoms with van der Waals surface area (Å²) >= 11 is 0. The zero-order valence-corrected chi connectivity index (χ0v) is 12.4. The molecule has 21 heavy (non-hydrogen) atoms. The van der Waals surface area contributed by atoms with E-state index in [9.17, 15) is 4.79 Å². The third-order valence-corrected chi connectivity index (χ3v) is 4.56. The molecule has 0 aromatic carbocycles. The fraction of sp³-hybridized carbons (Fsp3) is 0.688. The molecule has 1 aromatic heterocycles. The van der Waals surface area contributed by atoms with Crippen LogP contribution in [0.25, 0.3) is 0 Å². The zero-order valence-electron chi connectivity index (χ0n) is 12.4. The Hall–Kier alpha value is -1.33. The second-order valence-corrected chi connectivity index (χ2v) is 6.16. The average Bonchev–Trinajstić information content (AvgIpc) is 3.19. The van der Waals surface area contributed by atoms with E-state index in [2.05, 4.69) is 10.2 Å². The lowest BCUT2D eigenvalue weighted by atomic mass is 9.96. The van der Waals surface area contributed by atoms with Crippen molar-refractivity contribution < 1.29 is 13.9 Å². The van der Waals surface area contributed by atoms with E-state index in [-0.39, 0.29) is 11.8 Å². The van der Waals surface area contributed by atoms with Gasteiger partial charge in [-0.1, -0.05) is 0 Å². The van der Waals surface area contributed by atoms with Gasteiger partial charge in [0.1, 0.15) is 0 Å². The van der Waals surface area contributed by atoms with Crippen LogP contribution in [-0.2, 0) is 16.1 Å². The molecule has 0 spiro atoms. The molecule has 1 atom stereocenters. The first-order valence-corrected chi connectivity index (χ1v) is 7.90. The molecule has 0 aliphatic carbocycles. The summed E-state index contributed by atoms with van der Waals surface area (Å²) in [6.07, 6.45) is 6.72. The Bertz CT molecular complexity index is 432. The third-order valence-electron chi connectivity index (χ3n) is 4.56. The SMILES string of the molecule is O=C(NCC1CCN(Cc2ccoc2)CC1)C1CCOC1. The number of rotatable bonds is 5. The van der Waals surface area contributed by atoms with Gasteiger partial charge in [-0.05, 0) is 44.3 Å². The van der Waals surface area contributed by atoms with Gasteiger partial charge in [-0.15, -0.1) is 0 Å². The molecule has 1 unspecified atom stereocenters. The highest BCUT2D eigenvalue weighted by molar-refractivity contribution is 5.78. The van der Waals surface area contributed by atoms with Crippen molar-refractivity contribution in [2.75, 3.05) is 32.8 Å². The lowest BCUT2D eigenvalue weighted by molar-refractivity contribution is -0.125. The Morgan fingerprint density at radius 3 is 2.86 bits per heavy atom. The summed E-state index contributed by atoms with van der Waals surface area (Å²) in [4.78, 5) is 14.4. The summed E-state index contributed by atoms with van der Waals surface area (Å²) in [5.41, 5.74) is 1.24. The van der Waals surface area contributed by atoms with Crippen molar-refractivity contribution in [3.05, 3.63) is 24.2 Å². The molecule has 116 valence electrons. The van der Waals surface area contributed by atoms with Crippen LogP contribution in [0.1, 0.15) is 24.8 Å². The maximum absolute atomic E-state index is 12.0. The van der Waals surface area contributed by atoms with Crippen LogP contribution < -0.4 is 5.32 Å². The van der Waals surface area contributed by atoms with E-state index in [0.717, 1.165) is 52.0 Å². The van der Waals surface area contributed by atoms with Crippen molar-refractivity contribution in [1.82, 2.24) is 10.2 Å². The van der Waals surface area contributed by atoms with E-state index < -0.39 is 0 Å². The molecule has 0 bridgehead atoms. The van der Waals surface area contributed by atoms with Gasteiger partial charge in [0, 0.05) is 25.3 Å². The number of likely N-dealkylation sites (tertiary alicyclic amines) is 1. The van der Waals surface area contributed by atoms with Crippen molar-refractivity contribution in [3.8, 4) is 0 Å². The van der Waals surface area contributed by atoms with Crippen LogP contribution in [0.4, 0.5) is 0 Å². The molecule has 2 fully saturated rings. The molecular formula is C16H24N2O3. The number of amides is 1. The first-order chi connectivity index (χ1) is 10.3. The van der Waals surface area contributed by atoms with Crippen molar-refractivity contribution in [3.63, 3.8) is 0 Å². The van der Waals surface area contributed by atoms with Crippen LogP contribution in [0.5, 0.6) is 0 Å². The number of ether oxygens (including phenoxy) is 1. The van der Waals surface area contributed by atoms with Gasteiger partial charge < -0.3 is 14.5 Å². The maximum atomic E-state index is 12.0. The third kappa shape index (κ3) is 4.08. The molecule has 3 heterocycles. The topological polar surface area (TPSA) is 54.7 Å². The second kappa shape index (κ2) is 7.09. The number of nitrogens with zero attached hydrogens (tertiary/aromatic N) is 1. The van der Waals surface area contributed by atoms with Crippen LogP contribution in [0.2, 0.25) is 0 Å². The van der Waals surface area contributed by atoms with Crippen LogP contribution in [0.3, 0.4) is 0 Å². The van der Waals surface area contributed by atoms with E-state index in [4.69, 9.17) is 9.15 Å². The van der Waals surface area contributed by atoms with Gasteiger partial charge in [0.25, 0.3) is 0 Å². The summed E-state index contributed by atoms with van der Waals surface area (Å²) < 4.78 is 10.4. The fourth-order valence-corrected chi connectivity index (χ4v) is 3.12. The van der Waals surface area contributed by atoms with Crippen molar-refractivity contribution in [2.45, 2.75) is 25.8 Å². The van der Waals surface area contributed by atoms with E-state index >= 15 is 0 Å². The van der Waals surface area contributed by atoms with Gasteiger partial charge >= 0.3 is 0 Å². The van der Waals surface area contributed by atoms with Crippen LogP contribution >= 0.6 is 0 Å². The predicted octanol–water partition coefficient (Wildman–Crippen LogP) is 1.64. The van der Waals surface area contributed by atoms with Gasteiger partial charge in [-0.25, -0.2) is 0 Å². The standard InChI is InChI=1S/C16H24N2O3/c19-16(15-4-8-21-12-15)17-9-13-1-5-18(6-2-13)10-14-3-7-20-11-14/h3,7,11,13,15H,1-2,4-6,8-10,12H2,(H,17,19). The molecule has 1 aromatic rings. The molecule has 2 aliphatic heterocycles. The van der Waals surface area contributed by atoms with Gasteiger partial charge in [0.05, 0.1) is 25.1 Å². The number of hydrogen-bond donors (Lipinski definition) is 1. The molecule has 1 N–H and O–H groups in total. The number of furan rings is 1. The second-order valence-electron chi connectivity index (χ2n) is 6.16. The first-order valence-electron chi connectivity index (χ1n) is 7.90. The summed E-state index contributed by atoms with van der Waals surface area (Å²) in [6, 6.07) is 2.02. The van der Waals surface area contributed by atoms with Gasteiger partial charge in [-0.3, -0.25) is 9.69 Å². The summed E-state index contributed by atoms with van der Waals surface area (Å²) in [7, 11) is 0. The van der Waals surface area contributed by atoms with Gasteiger partial charge in [-0.2, -0.15) is 0 Å². The van der Waals surface area contributed by atoms with Crippen molar-refractivity contribution in [1.29, 1.82) is 0 Å². The molecule has 5 nitrogen and oxygen atoms in total. The molecule has 3 rings (SSSR count). The molecule has 0 radical (unpaired) electrons. The predicted molar refractivity (Wildman–Crippen MR) is 78.6 cm³/mol. The lowest BCUT2D eigenvalue weighted by Gasteiger charge is -2.31. The Labute approximate surface area is 125 Å². The molecular weight excluding hydrogens is 268 g/mol. The highest BCUT2D eigenvalue weighted by atomic mass is 16.5. The Balaban J connectivity index is 1.34. The Kier molecular flexibility index (Phi) is 4.93. The van der Waals surface area contributed by atoms with E-state index in [0.29, 0.717) is 12.5 Å². The van der Waals surface area contributed by atoms with E-state index in [1.54, 1.807) is 6.26 Å². The number of carbonyl (C=O) groups is 1. The highest BCUT2D eigenvalue weighted by Gasteiger charge is 2.25. The first kappa shape index (κ1) is 14.6. The van der Waals surface area contributed by atoms with Crippen molar-refractivity contribution >= 4 is 5.91 Å². The van der Waals surface area contributed by atoms with Crippen LogP contribution in [0, 0.1) is 11.8 Å². The maximum Gasteiger partial charge on any atom is 0.225 e. The smallest absolute Gasteiger partial charge is 0.225 e. The minimum absolute atomic E-state index is 0.0752. The van der Waals surface area contributed by atoms with Crippen molar-refractivity contribution in [2.24, 2.45) is 11.8 Å². The monoisotopic (exact) mass is 292 g/mol. The molecule has 2 aliphatic rings. The fourth-order valence-electron chi connectivity index (χ4n) is 3.12. The van der Waals surface area contributed by atoms with Gasteiger partial charge in [0.2, 0.25) is 5.91 Å². The molecule has 5 heteroatoms. The van der Waals surface area contributed by atoms with E-state index in [1.807, 2.05) is 12.3 Å². The molecule has 1 amide bonds. The average molecular weight is 292 g/mol. The minimum atomic E-state index is 0.0752. The number of piperidine rings is 1.